The molecule has 190 valence electrons. The summed E-state index contributed by atoms with van der Waals surface area (Å²) in [5.41, 5.74) is 8.19. The summed E-state index contributed by atoms with van der Waals surface area (Å²) in [6.07, 6.45) is 7.68. The van der Waals surface area contributed by atoms with E-state index in [1.807, 2.05) is 24.4 Å². The highest BCUT2D eigenvalue weighted by atomic mass is 16.5. The summed E-state index contributed by atoms with van der Waals surface area (Å²) in [7, 11) is 1.66. The molecule has 1 heterocycles. The Labute approximate surface area is 224 Å². The summed E-state index contributed by atoms with van der Waals surface area (Å²) in [5.74, 6) is 2.43. The maximum atomic E-state index is 6.01. The predicted octanol–water partition coefficient (Wildman–Crippen LogP) is 8.16. The molecule has 0 aromatic heterocycles. The zero-order chi connectivity index (χ0) is 25.9. The van der Waals surface area contributed by atoms with Crippen molar-refractivity contribution in [2.45, 2.75) is 31.9 Å². The number of fused-ring (bicyclic) bond motifs is 3. The number of allylic oxidation sites excluding steroid dienone is 2. The largest absolute Gasteiger partial charge is 0.493 e. The molecule has 4 aromatic carbocycles. The first-order chi connectivity index (χ1) is 18.7. The van der Waals surface area contributed by atoms with Crippen LogP contribution in [0.1, 0.15) is 46.2 Å². The summed E-state index contributed by atoms with van der Waals surface area (Å²) >= 11 is 0. The Morgan fingerprint density at radius 2 is 1.74 bits per heavy atom. The van der Waals surface area contributed by atoms with Gasteiger partial charge in [-0.2, -0.15) is 0 Å². The van der Waals surface area contributed by atoms with Crippen LogP contribution in [0.15, 0.2) is 108 Å². The fourth-order valence-corrected chi connectivity index (χ4v) is 5.52. The van der Waals surface area contributed by atoms with Crippen LogP contribution in [0.25, 0.3) is 0 Å². The number of nitrogens with one attached hydrogen (secondary N) is 1. The molecule has 3 atom stereocenters. The van der Waals surface area contributed by atoms with E-state index in [0.29, 0.717) is 30.2 Å². The van der Waals surface area contributed by atoms with E-state index in [9.17, 15) is 0 Å². The fraction of sp³-hybridized carbons (Fsp3) is 0.206. The Morgan fingerprint density at radius 1 is 0.921 bits per heavy atom. The molecule has 4 heteroatoms. The Balaban J connectivity index is 1.14. The molecule has 38 heavy (non-hydrogen) atoms. The van der Waals surface area contributed by atoms with E-state index >= 15 is 0 Å². The molecule has 0 bridgehead atoms. The lowest BCUT2D eigenvalue weighted by molar-refractivity contribution is 0.284. The zero-order valence-corrected chi connectivity index (χ0v) is 21.8. The first kappa shape index (κ1) is 24.1. The third kappa shape index (κ3) is 4.95. The predicted molar refractivity (Wildman–Crippen MR) is 155 cm³/mol. The van der Waals surface area contributed by atoms with E-state index in [-0.39, 0.29) is 0 Å². The van der Waals surface area contributed by atoms with Gasteiger partial charge in [-0.3, -0.25) is 4.99 Å². The van der Waals surface area contributed by atoms with Crippen molar-refractivity contribution in [3.8, 4) is 11.5 Å². The highest BCUT2D eigenvalue weighted by Gasteiger charge is 2.37. The van der Waals surface area contributed by atoms with Crippen LogP contribution >= 0.6 is 0 Å². The average molecular weight is 501 g/mol. The molecule has 1 N–H and O–H groups in total. The second-order valence-corrected chi connectivity index (χ2v) is 10.1. The number of benzene rings is 4. The summed E-state index contributed by atoms with van der Waals surface area (Å²) in [5, 5.41) is 3.80. The van der Waals surface area contributed by atoms with Crippen molar-refractivity contribution < 1.29 is 9.47 Å². The van der Waals surface area contributed by atoms with E-state index in [4.69, 9.17) is 14.5 Å². The van der Waals surface area contributed by atoms with Crippen molar-refractivity contribution in [2.75, 3.05) is 12.4 Å². The topological polar surface area (TPSA) is 42.8 Å². The lowest BCUT2D eigenvalue weighted by Crippen LogP contribution is -2.28. The SMILES string of the molecule is COc1cc(C=Nc2ccc([C@@H]3Nc4ccccc4[C@H]4C=CC[C@@H]43)cc2)ccc1OCc1ccc(C)cc1. The minimum atomic E-state index is 0.291. The Morgan fingerprint density at radius 3 is 2.55 bits per heavy atom. The second-order valence-electron chi connectivity index (χ2n) is 10.1. The lowest BCUT2D eigenvalue weighted by atomic mass is 9.77. The molecule has 0 fully saturated rings. The van der Waals surface area contributed by atoms with E-state index in [0.717, 1.165) is 29.0 Å². The highest BCUT2D eigenvalue weighted by molar-refractivity contribution is 5.83. The van der Waals surface area contributed by atoms with Gasteiger partial charge in [-0.05, 0) is 77.9 Å². The highest BCUT2D eigenvalue weighted by Crippen LogP contribution is 2.49. The number of aliphatic imine (C=N–C) groups is 1. The smallest absolute Gasteiger partial charge is 0.161 e. The van der Waals surface area contributed by atoms with Gasteiger partial charge in [-0.1, -0.05) is 72.3 Å². The van der Waals surface area contributed by atoms with Crippen LogP contribution in [0.4, 0.5) is 11.4 Å². The van der Waals surface area contributed by atoms with Crippen molar-refractivity contribution in [3.05, 3.63) is 131 Å². The Bertz CT molecular complexity index is 1470. The van der Waals surface area contributed by atoms with Gasteiger partial charge in [0, 0.05) is 17.8 Å². The minimum absolute atomic E-state index is 0.291. The van der Waals surface area contributed by atoms with Gasteiger partial charge in [0.1, 0.15) is 6.61 Å². The summed E-state index contributed by atoms with van der Waals surface area (Å²) < 4.78 is 11.6. The molecule has 1 aliphatic carbocycles. The standard InChI is InChI=1S/C34H32N2O2/c1-23-10-12-24(13-11-23)22-38-32-19-14-25(20-33(32)37-2)21-35-27-17-15-26(16-18-27)34-30-8-5-7-28(30)29-6-3-4-9-31(29)36-34/h3-7,9-21,28,30,34,36H,8,22H2,1-2H3/t28-,30+,34+/m1/s1. The second kappa shape index (κ2) is 10.6. The number of para-hydroxylation sites is 1. The van der Waals surface area contributed by atoms with Crippen molar-refractivity contribution in [1.29, 1.82) is 0 Å². The maximum Gasteiger partial charge on any atom is 0.161 e. The quantitative estimate of drug-likeness (QED) is 0.206. The molecule has 6 rings (SSSR count). The Kier molecular flexibility index (Phi) is 6.70. The normalized spacial score (nSPS) is 19.6. The van der Waals surface area contributed by atoms with Crippen LogP contribution < -0.4 is 14.8 Å². The molecule has 4 aromatic rings. The number of hydrogen-bond acceptors (Lipinski definition) is 4. The van der Waals surface area contributed by atoms with Crippen LogP contribution in [-0.2, 0) is 6.61 Å². The molecule has 0 unspecified atom stereocenters. The molecule has 0 radical (unpaired) electrons. The molecule has 0 spiro atoms. The third-order valence-corrected chi connectivity index (χ3v) is 7.59. The number of hydrogen-bond donors (Lipinski definition) is 1. The third-order valence-electron chi connectivity index (χ3n) is 7.59. The fourth-order valence-electron chi connectivity index (χ4n) is 5.52. The Hall–Kier alpha value is -4.31. The van der Waals surface area contributed by atoms with Gasteiger partial charge in [-0.25, -0.2) is 0 Å². The first-order valence-electron chi connectivity index (χ1n) is 13.2. The molecule has 0 saturated carbocycles. The van der Waals surface area contributed by atoms with Gasteiger partial charge in [-0.15, -0.1) is 0 Å². The van der Waals surface area contributed by atoms with Crippen LogP contribution in [0.3, 0.4) is 0 Å². The number of nitrogens with zero attached hydrogens (tertiary/aromatic N) is 1. The van der Waals surface area contributed by atoms with Gasteiger partial charge in [0.2, 0.25) is 0 Å². The number of ether oxygens (including phenoxy) is 2. The summed E-state index contributed by atoms with van der Waals surface area (Å²) in [6.45, 7) is 2.58. The molecular formula is C34H32N2O2. The van der Waals surface area contributed by atoms with Crippen LogP contribution in [-0.4, -0.2) is 13.3 Å². The van der Waals surface area contributed by atoms with Gasteiger partial charge >= 0.3 is 0 Å². The summed E-state index contributed by atoms with van der Waals surface area (Å²) in [6, 6.07) is 31.8. The molecular weight excluding hydrogens is 468 g/mol. The van der Waals surface area contributed by atoms with Crippen molar-refractivity contribution in [3.63, 3.8) is 0 Å². The summed E-state index contributed by atoms with van der Waals surface area (Å²) in [4.78, 5) is 4.72. The molecule has 1 aliphatic heterocycles. The number of rotatable bonds is 7. The first-order valence-corrected chi connectivity index (χ1v) is 13.2. The van der Waals surface area contributed by atoms with Gasteiger partial charge in [0.25, 0.3) is 0 Å². The number of anilines is 1. The number of methoxy groups -OCH3 is 1. The van der Waals surface area contributed by atoms with Crippen molar-refractivity contribution in [2.24, 2.45) is 10.9 Å². The van der Waals surface area contributed by atoms with Gasteiger partial charge in [0.15, 0.2) is 11.5 Å². The minimum Gasteiger partial charge on any atom is -0.493 e. The van der Waals surface area contributed by atoms with Crippen LogP contribution in [0.5, 0.6) is 11.5 Å². The molecule has 2 aliphatic rings. The van der Waals surface area contributed by atoms with E-state index < -0.39 is 0 Å². The maximum absolute atomic E-state index is 6.01. The average Bonchev–Trinajstić information content (AvgIpc) is 3.46. The molecule has 4 nitrogen and oxygen atoms in total. The number of aryl methyl sites for hydroxylation is 1. The lowest BCUT2D eigenvalue weighted by Gasteiger charge is -2.37. The monoisotopic (exact) mass is 500 g/mol. The van der Waals surface area contributed by atoms with E-state index in [2.05, 4.69) is 97.2 Å². The van der Waals surface area contributed by atoms with Crippen LogP contribution in [0, 0.1) is 12.8 Å². The van der Waals surface area contributed by atoms with Gasteiger partial charge < -0.3 is 14.8 Å². The van der Waals surface area contributed by atoms with Crippen molar-refractivity contribution in [1.82, 2.24) is 0 Å². The zero-order valence-electron chi connectivity index (χ0n) is 21.8. The van der Waals surface area contributed by atoms with Crippen LogP contribution in [0.2, 0.25) is 0 Å². The van der Waals surface area contributed by atoms with E-state index in [1.165, 1.54) is 22.4 Å². The molecule has 0 amide bonds. The molecule has 0 saturated heterocycles. The van der Waals surface area contributed by atoms with Crippen molar-refractivity contribution >= 4 is 17.6 Å². The van der Waals surface area contributed by atoms with Gasteiger partial charge in [0.05, 0.1) is 18.8 Å². The van der Waals surface area contributed by atoms with E-state index in [1.54, 1.807) is 7.11 Å².